The molecule has 7 heteroatoms. The molecular formula is C21H22N4O2S. The minimum atomic E-state index is -1.23. The quantitative estimate of drug-likeness (QED) is 0.666. The second-order valence-electron chi connectivity index (χ2n) is 6.86. The lowest BCUT2D eigenvalue weighted by atomic mass is 10.1. The zero-order valence-corrected chi connectivity index (χ0v) is 16.6. The Balaban J connectivity index is 1.68. The number of methoxy groups -OCH3 is 1. The lowest BCUT2D eigenvalue weighted by Gasteiger charge is -2.30. The number of ether oxygens (including phenoxy) is 1. The molecule has 3 aromatic rings. The Labute approximate surface area is 166 Å². The molecule has 1 aliphatic rings. The van der Waals surface area contributed by atoms with Crippen LogP contribution < -0.4 is 0 Å². The van der Waals surface area contributed by atoms with Gasteiger partial charge in [-0.3, -0.25) is 0 Å². The van der Waals surface area contributed by atoms with Gasteiger partial charge in [-0.2, -0.15) is 10.4 Å². The molecule has 1 aromatic carbocycles. The van der Waals surface area contributed by atoms with E-state index in [2.05, 4.69) is 11.2 Å². The van der Waals surface area contributed by atoms with E-state index in [0.29, 0.717) is 6.42 Å². The van der Waals surface area contributed by atoms with E-state index in [9.17, 15) is 4.21 Å². The maximum absolute atomic E-state index is 13.3. The fourth-order valence-corrected chi connectivity index (χ4v) is 5.04. The molecule has 3 heterocycles. The van der Waals surface area contributed by atoms with Gasteiger partial charge in [0.15, 0.2) is 0 Å². The summed E-state index contributed by atoms with van der Waals surface area (Å²) in [6.07, 6.45) is 5.97. The zero-order valence-electron chi connectivity index (χ0n) is 15.7. The Kier molecular flexibility index (Phi) is 5.53. The number of piperidine rings is 1. The number of aromatic nitrogens is 2. The van der Waals surface area contributed by atoms with Crippen molar-refractivity contribution in [2.75, 3.05) is 20.2 Å². The molecule has 2 aromatic heterocycles. The Morgan fingerprint density at radius 1 is 1.29 bits per heavy atom. The summed E-state index contributed by atoms with van der Waals surface area (Å²) < 4.78 is 22.5. The average molecular weight is 395 g/mol. The van der Waals surface area contributed by atoms with E-state index in [1.165, 1.54) is 0 Å². The third-order valence-corrected chi connectivity index (χ3v) is 6.79. The highest BCUT2D eigenvalue weighted by molar-refractivity contribution is 7.82. The van der Waals surface area contributed by atoms with Crippen LogP contribution in [-0.2, 0) is 22.1 Å². The minimum absolute atomic E-state index is 0.256. The number of hydrogen-bond donors (Lipinski definition) is 0. The number of nitrogens with zero attached hydrogens (tertiary/aromatic N) is 4. The van der Waals surface area contributed by atoms with Gasteiger partial charge in [0, 0.05) is 32.0 Å². The number of pyridine rings is 1. The molecule has 0 amide bonds. The standard InChI is InChI=1S/C21H22N4O2S/c1-27-18-8-11-24(12-9-18)28(26)21-5-3-2-4-19(21)16-7-13-25-20(14-16)17(6-10-22)15-23-25/h2-5,7,13-15,18H,6,8-9,11-12H2,1H3. The van der Waals surface area contributed by atoms with Gasteiger partial charge < -0.3 is 4.74 Å². The van der Waals surface area contributed by atoms with Crippen LogP contribution in [0.15, 0.2) is 53.7 Å². The fourth-order valence-electron chi connectivity index (χ4n) is 3.65. The number of rotatable bonds is 5. The van der Waals surface area contributed by atoms with E-state index in [-0.39, 0.29) is 6.10 Å². The first kappa shape index (κ1) is 18.8. The van der Waals surface area contributed by atoms with Crippen molar-refractivity contribution in [2.24, 2.45) is 0 Å². The Bertz CT molecular complexity index is 1050. The van der Waals surface area contributed by atoms with Gasteiger partial charge >= 0.3 is 0 Å². The average Bonchev–Trinajstić information content (AvgIpc) is 3.16. The van der Waals surface area contributed by atoms with Crippen LogP contribution >= 0.6 is 0 Å². The highest BCUT2D eigenvalue weighted by atomic mass is 32.2. The molecule has 0 aliphatic carbocycles. The Morgan fingerprint density at radius 2 is 2.07 bits per heavy atom. The molecule has 0 N–H and O–H groups in total. The summed E-state index contributed by atoms with van der Waals surface area (Å²) in [5, 5.41) is 13.3. The number of fused-ring (bicyclic) bond motifs is 1. The summed E-state index contributed by atoms with van der Waals surface area (Å²) in [6, 6.07) is 14.0. The smallest absolute Gasteiger partial charge is 0.128 e. The first-order valence-corrected chi connectivity index (χ1v) is 10.4. The van der Waals surface area contributed by atoms with Gasteiger partial charge in [-0.05, 0) is 42.2 Å². The zero-order chi connectivity index (χ0) is 19.5. The van der Waals surface area contributed by atoms with E-state index in [4.69, 9.17) is 10.00 Å². The molecule has 1 fully saturated rings. The molecule has 0 spiro atoms. The van der Waals surface area contributed by atoms with Crippen LogP contribution in [-0.4, -0.2) is 44.4 Å². The van der Waals surface area contributed by atoms with Crippen molar-refractivity contribution in [3.63, 3.8) is 0 Å². The summed E-state index contributed by atoms with van der Waals surface area (Å²) in [5.74, 6) is 0. The van der Waals surface area contributed by atoms with Crippen LogP contribution in [0, 0.1) is 11.3 Å². The summed E-state index contributed by atoms with van der Waals surface area (Å²) in [4.78, 5) is 0.809. The lowest BCUT2D eigenvalue weighted by molar-refractivity contribution is 0.0614. The molecule has 28 heavy (non-hydrogen) atoms. The fraction of sp³-hybridized carbons (Fsp3) is 0.333. The maximum Gasteiger partial charge on any atom is 0.128 e. The number of benzene rings is 1. The van der Waals surface area contributed by atoms with E-state index in [1.54, 1.807) is 17.8 Å². The normalized spacial score (nSPS) is 16.9. The number of nitriles is 1. The predicted molar refractivity (Wildman–Crippen MR) is 108 cm³/mol. The minimum Gasteiger partial charge on any atom is -0.381 e. The van der Waals surface area contributed by atoms with Crippen LogP contribution in [0.25, 0.3) is 16.6 Å². The molecule has 1 unspecified atom stereocenters. The first-order chi connectivity index (χ1) is 13.7. The SMILES string of the molecule is COC1CCN(S(=O)c2ccccc2-c2ccn3ncc(CC#N)c3c2)CC1. The van der Waals surface area contributed by atoms with E-state index in [0.717, 1.165) is 53.0 Å². The van der Waals surface area contributed by atoms with Crippen molar-refractivity contribution in [1.29, 1.82) is 5.26 Å². The topological polar surface area (TPSA) is 70.6 Å². The van der Waals surface area contributed by atoms with Gasteiger partial charge in [0.05, 0.1) is 35.2 Å². The molecule has 1 aliphatic heterocycles. The van der Waals surface area contributed by atoms with Crippen LogP contribution in [0.4, 0.5) is 0 Å². The van der Waals surface area contributed by atoms with Crippen LogP contribution in [0.2, 0.25) is 0 Å². The lowest BCUT2D eigenvalue weighted by Crippen LogP contribution is -2.37. The molecule has 0 bridgehead atoms. The van der Waals surface area contributed by atoms with Crippen molar-refractivity contribution in [2.45, 2.75) is 30.3 Å². The summed E-state index contributed by atoms with van der Waals surface area (Å²) in [5.41, 5.74) is 3.72. The highest BCUT2D eigenvalue weighted by Crippen LogP contribution is 2.30. The van der Waals surface area contributed by atoms with Crippen molar-refractivity contribution < 1.29 is 8.95 Å². The first-order valence-electron chi connectivity index (χ1n) is 9.33. The van der Waals surface area contributed by atoms with Gasteiger partial charge in [0.2, 0.25) is 0 Å². The van der Waals surface area contributed by atoms with Crippen LogP contribution in [0.5, 0.6) is 0 Å². The molecule has 1 atom stereocenters. The monoisotopic (exact) mass is 394 g/mol. The second kappa shape index (κ2) is 8.23. The van der Waals surface area contributed by atoms with Gasteiger partial charge in [0.25, 0.3) is 0 Å². The van der Waals surface area contributed by atoms with Crippen molar-refractivity contribution in [3.05, 3.63) is 54.4 Å². The number of hydrogen-bond acceptors (Lipinski definition) is 4. The Hall–Kier alpha value is -2.53. The third kappa shape index (κ3) is 3.59. The predicted octanol–water partition coefficient (Wildman–Crippen LogP) is 3.20. The molecule has 0 radical (unpaired) electrons. The molecule has 1 saturated heterocycles. The van der Waals surface area contributed by atoms with Gasteiger partial charge in [0.1, 0.15) is 11.0 Å². The van der Waals surface area contributed by atoms with Gasteiger partial charge in [-0.1, -0.05) is 18.2 Å². The van der Waals surface area contributed by atoms with Crippen LogP contribution in [0.1, 0.15) is 18.4 Å². The van der Waals surface area contributed by atoms with Gasteiger partial charge in [-0.15, -0.1) is 0 Å². The molecule has 144 valence electrons. The summed E-state index contributed by atoms with van der Waals surface area (Å²) in [7, 11) is 0.507. The molecular weight excluding hydrogens is 372 g/mol. The van der Waals surface area contributed by atoms with Gasteiger partial charge in [-0.25, -0.2) is 13.0 Å². The van der Waals surface area contributed by atoms with Crippen molar-refractivity contribution in [1.82, 2.24) is 13.9 Å². The van der Waals surface area contributed by atoms with E-state index < -0.39 is 11.0 Å². The molecule has 6 nitrogen and oxygen atoms in total. The third-order valence-electron chi connectivity index (χ3n) is 5.23. The maximum atomic E-state index is 13.3. The second-order valence-corrected chi connectivity index (χ2v) is 8.31. The largest absolute Gasteiger partial charge is 0.381 e. The molecule has 4 rings (SSSR count). The summed E-state index contributed by atoms with van der Waals surface area (Å²) >= 11 is 0. The van der Waals surface area contributed by atoms with E-state index >= 15 is 0 Å². The van der Waals surface area contributed by atoms with Crippen LogP contribution in [0.3, 0.4) is 0 Å². The van der Waals surface area contributed by atoms with Crippen molar-refractivity contribution >= 4 is 16.5 Å². The van der Waals surface area contributed by atoms with Crippen molar-refractivity contribution in [3.8, 4) is 17.2 Å². The highest BCUT2D eigenvalue weighted by Gasteiger charge is 2.25. The summed E-state index contributed by atoms with van der Waals surface area (Å²) in [6.45, 7) is 1.51. The molecule has 0 saturated carbocycles. The Morgan fingerprint density at radius 3 is 2.82 bits per heavy atom. The van der Waals surface area contributed by atoms with E-state index in [1.807, 2.05) is 46.9 Å².